The molecule has 2 rings (SSSR count). The summed E-state index contributed by atoms with van der Waals surface area (Å²) >= 11 is 0. The summed E-state index contributed by atoms with van der Waals surface area (Å²) in [6.07, 6.45) is 3.12. The zero-order valence-corrected chi connectivity index (χ0v) is 14.0. The normalized spacial score (nSPS) is 22.6. The van der Waals surface area contributed by atoms with Crippen LogP contribution in [0.1, 0.15) is 47.0 Å². The van der Waals surface area contributed by atoms with Gasteiger partial charge in [0, 0.05) is 11.8 Å². The first-order valence-corrected chi connectivity index (χ1v) is 7.72. The molecule has 0 spiro atoms. The van der Waals surface area contributed by atoms with Crippen LogP contribution in [-0.2, 0) is 0 Å². The smallest absolute Gasteiger partial charge is 0.120 e. The van der Waals surface area contributed by atoms with E-state index < -0.39 is 0 Å². The molecule has 1 aliphatic carbocycles. The predicted octanol–water partition coefficient (Wildman–Crippen LogP) is 4.07. The second-order valence-electron chi connectivity index (χ2n) is 8.15. The summed E-state index contributed by atoms with van der Waals surface area (Å²) in [5.74, 6) is 0.836. The number of methoxy groups -OCH3 is 1. The number of hydrogen-bond acceptors (Lipinski definition) is 3. The lowest BCUT2D eigenvalue weighted by molar-refractivity contribution is 0.0288. The zero-order chi connectivity index (χ0) is 15.7. The van der Waals surface area contributed by atoms with Gasteiger partial charge in [-0.2, -0.15) is 0 Å². The monoisotopic (exact) mass is 291 g/mol. The largest absolute Gasteiger partial charge is 0.497 e. The lowest BCUT2D eigenvalue weighted by Crippen LogP contribution is -2.53. The number of ether oxygens (including phenoxy) is 1. The van der Waals surface area contributed by atoms with E-state index in [2.05, 4.69) is 33.0 Å². The zero-order valence-electron chi connectivity index (χ0n) is 14.0. The Bertz CT molecular complexity index is 478. The van der Waals surface area contributed by atoms with E-state index in [1.54, 1.807) is 7.11 Å². The number of rotatable bonds is 4. The molecule has 1 aliphatic rings. The van der Waals surface area contributed by atoms with E-state index in [0.29, 0.717) is 0 Å². The Balaban J connectivity index is 2.28. The van der Waals surface area contributed by atoms with E-state index in [-0.39, 0.29) is 23.0 Å². The lowest BCUT2D eigenvalue weighted by Gasteiger charge is -2.52. The van der Waals surface area contributed by atoms with Crippen LogP contribution in [0.15, 0.2) is 24.3 Å². The first kappa shape index (κ1) is 16.2. The van der Waals surface area contributed by atoms with Crippen molar-refractivity contribution in [2.75, 3.05) is 19.0 Å². The Morgan fingerprint density at radius 3 is 2.24 bits per heavy atom. The minimum atomic E-state index is -0.266. The van der Waals surface area contributed by atoms with Crippen LogP contribution in [-0.4, -0.2) is 24.4 Å². The highest BCUT2D eigenvalue weighted by Crippen LogP contribution is 2.51. The average molecular weight is 291 g/mol. The number of aliphatic hydroxyl groups excluding tert-OH is 1. The number of nitrogens with one attached hydrogen (secondary N) is 1. The van der Waals surface area contributed by atoms with Gasteiger partial charge in [0.15, 0.2) is 0 Å². The molecule has 0 aliphatic heterocycles. The molecular weight excluding hydrogens is 262 g/mol. The van der Waals surface area contributed by atoms with E-state index in [1.807, 2.05) is 24.3 Å². The Hall–Kier alpha value is -1.22. The van der Waals surface area contributed by atoms with E-state index in [1.165, 1.54) is 6.42 Å². The summed E-state index contributed by atoms with van der Waals surface area (Å²) in [5.41, 5.74) is 1.18. The minimum Gasteiger partial charge on any atom is -0.497 e. The molecule has 0 atom stereocenters. The number of hydrogen-bond donors (Lipinski definition) is 2. The van der Waals surface area contributed by atoms with Crippen molar-refractivity contribution in [3.8, 4) is 5.75 Å². The van der Waals surface area contributed by atoms with Gasteiger partial charge in [0.25, 0.3) is 0 Å². The molecule has 0 aromatic heterocycles. The maximum atomic E-state index is 10.1. The fourth-order valence-corrected chi connectivity index (χ4v) is 4.56. The van der Waals surface area contributed by atoms with Gasteiger partial charge >= 0.3 is 0 Å². The minimum absolute atomic E-state index is 0.150. The van der Waals surface area contributed by atoms with Gasteiger partial charge in [-0.1, -0.05) is 33.8 Å². The standard InChI is InChI=1S/C18H29NO2/c1-16(2)10-17(3,4)12-18(11-16,13-20)19-14-7-6-8-15(9-14)21-5/h6-9,19-20H,10-13H2,1-5H3. The molecule has 1 aromatic rings. The second kappa shape index (κ2) is 5.53. The molecule has 3 heteroatoms. The third-order valence-electron chi connectivity index (χ3n) is 4.37. The predicted molar refractivity (Wildman–Crippen MR) is 87.8 cm³/mol. The molecule has 3 nitrogen and oxygen atoms in total. The highest BCUT2D eigenvalue weighted by atomic mass is 16.5. The first-order valence-electron chi connectivity index (χ1n) is 7.72. The third kappa shape index (κ3) is 3.91. The molecule has 0 amide bonds. The molecule has 2 N–H and O–H groups in total. The summed E-state index contributed by atoms with van der Waals surface area (Å²) in [7, 11) is 1.67. The van der Waals surface area contributed by atoms with Crippen molar-refractivity contribution in [3.05, 3.63) is 24.3 Å². The fourth-order valence-electron chi connectivity index (χ4n) is 4.56. The van der Waals surface area contributed by atoms with Gasteiger partial charge < -0.3 is 15.2 Å². The Morgan fingerprint density at radius 1 is 1.10 bits per heavy atom. The Morgan fingerprint density at radius 2 is 1.71 bits per heavy atom. The van der Waals surface area contributed by atoms with Crippen LogP contribution in [0.2, 0.25) is 0 Å². The van der Waals surface area contributed by atoms with Crippen LogP contribution >= 0.6 is 0 Å². The number of anilines is 1. The van der Waals surface area contributed by atoms with Crippen molar-refractivity contribution >= 4 is 5.69 Å². The second-order valence-corrected chi connectivity index (χ2v) is 8.15. The van der Waals surface area contributed by atoms with Crippen LogP contribution < -0.4 is 10.1 Å². The van der Waals surface area contributed by atoms with Crippen molar-refractivity contribution < 1.29 is 9.84 Å². The van der Waals surface area contributed by atoms with Gasteiger partial charge in [0.2, 0.25) is 0 Å². The van der Waals surface area contributed by atoms with Gasteiger partial charge in [-0.15, -0.1) is 0 Å². The van der Waals surface area contributed by atoms with Gasteiger partial charge in [-0.3, -0.25) is 0 Å². The Labute approximate surface area is 128 Å². The van der Waals surface area contributed by atoms with Gasteiger partial charge in [-0.25, -0.2) is 0 Å². The van der Waals surface area contributed by atoms with Crippen molar-refractivity contribution in [3.63, 3.8) is 0 Å². The summed E-state index contributed by atoms with van der Waals surface area (Å²) in [5, 5.41) is 13.7. The fraction of sp³-hybridized carbons (Fsp3) is 0.667. The van der Waals surface area contributed by atoms with E-state index in [0.717, 1.165) is 24.3 Å². The van der Waals surface area contributed by atoms with E-state index >= 15 is 0 Å². The maximum Gasteiger partial charge on any atom is 0.120 e. The molecule has 0 saturated heterocycles. The van der Waals surface area contributed by atoms with Gasteiger partial charge in [-0.05, 0) is 42.2 Å². The maximum absolute atomic E-state index is 10.1. The first-order chi connectivity index (χ1) is 9.69. The van der Waals surface area contributed by atoms with Crippen molar-refractivity contribution in [1.82, 2.24) is 0 Å². The molecule has 1 saturated carbocycles. The topological polar surface area (TPSA) is 41.5 Å². The van der Waals surface area contributed by atoms with Crippen molar-refractivity contribution in [1.29, 1.82) is 0 Å². The lowest BCUT2D eigenvalue weighted by atomic mass is 9.58. The number of aliphatic hydroxyl groups is 1. The summed E-state index contributed by atoms with van der Waals surface area (Å²) in [4.78, 5) is 0. The molecule has 0 heterocycles. The van der Waals surface area contributed by atoms with Crippen LogP contribution in [0.3, 0.4) is 0 Å². The van der Waals surface area contributed by atoms with Crippen LogP contribution in [0.5, 0.6) is 5.75 Å². The Kier molecular flexibility index (Phi) is 4.25. The van der Waals surface area contributed by atoms with E-state index in [9.17, 15) is 5.11 Å². The van der Waals surface area contributed by atoms with Crippen LogP contribution in [0.25, 0.3) is 0 Å². The average Bonchev–Trinajstić information content (AvgIpc) is 2.35. The molecule has 118 valence electrons. The van der Waals surface area contributed by atoms with Crippen LogP contribution in [0, 0.1) is 10.8 Å². The molecule has 1 fully saturated rings. The summed E-state index contributed by atoms with van der Waals surface area (Å²) < 4.78 is 5.29. The quantitative estimate of drug-likeness (QED) is 0.878. The highest BCUT2D eigenvalue weighted by Gasteiger charge is 2.47. The van der Waals surface area contributed by atoms with Gasteiger partial charge in [0.05, 0.1) is 19.3 Å². The SMILES string of the molecule is COc1cccc(NC2(CO)CC(C)(C)CC(C)(C)C2)c1. The summed E-state index contributed by atoms with van der Waals surface area (Å²) in [6, 6.07) is 7.94. The molecule has 1 aromatic carbocycles. The molecule has 0 unspecified atom stereocenters. The van der Waals surface area contributed by atoms with Gasteiger partial charge in [0.1, 0.15) is 5.75 Å². The third-order valence-corrected chi connectivity index (χ3v) is 4.37. The number of benzene rings is 1. The van der Waals surface area contributed by atoms with Crippen LogP contribution in [0.4, 0.5) is 5.69 Å². The molecule has 21 heavy (non-hydrogen) atoms. The van der Waals surface area contributed by atoms with Crippen molar-refractivity contribution in [2.24, 2.45) is 10.8 Å². The highest BCUT2D eigenvalue weighted by molar-refractivity contribution is 5.50. The molecule has 0 radical (unpaired) electrons. The van der Waals surface area contributed by atoms with Crippen molar-refractivity contribution in [2.45, 2.75) is 52.5 Å². The summed E-state index contributed by atoms with van der Waals surface area (Å²) in [6.45, 7) is 9.34. The van der Waals surface area contributed by atoms with E-state index in [4.69, 9.17) is 4.74 Å². The molecule has 0 bridgehead atoms. The molecular formula is C18H29NO2.